The number of aliphatic hydroxyl groups excluding tert-OH is 1. The Morgan fingerprint density at radius 3 is 1.76 bits per heavy atom. The molecule has 100 valence electrons. The molecule has 0 radical (unpaired) electrons. The number of ether oxygens (including phenoxy) is 2. The van der Waals surface area contributed by atoms with Crippen molar-refractivity contribution >= 4 is 11.9 Å². The molecule has 17 heavy (non-hydrogen) atoms. The largest absolute Gasteiger partial charge is 0.465 e. The van der Waals surface area contributed by atoms with E-state index in [4.69, 9.17) is 9.47 Å². The van der Waals surface area contributed by atoms with Gasteiger partial charge < -0.3 is 14.6 Å². The predicted molar refractivity (Wildman–Crippen MR) is 62.3 cm³/mol. The molecule has 0 aromatic heterocycles. The first-order valence-electron chi connectivity index (χ1n) is 5.97. The van der Waals surface area contributed by atoms with Gasteiger partial charge in [0.1, 0.15) is 0 Å². The maximum Gasteiger partial charge on any atom is 0.323 e. The summed E-state index contributed by atoms with van der Waals surface area (Å²) in [6.07, 6.45) is -0.514. The molecule has 0 aliphatic carbocycles. The van der Waals surface area contributed by atoms with E-state index in [1.54, 1.807) is 20.8 Å². The molecule has 5 heteroatoms. The third-order valence-corrected chi connectivity index (χ3v) is 2.58. The molecule has 0 heterocycles. The average Bonchev–Trinajstić information content (AvgIpc) is 2.26. The second-order valence-corrected chi connectivity index (χ2v) is 3.93. The lowest BCUT2D eigenvalue weighted by molar-refractivity contribution is -0.174. The average molecular weight is 246 g/mol. The van der Waals surface area contributed by atoms with Gasteiger partial charge in [0.05, 0.1) is 19.3 Å². The van der Waals surface area contributed by atoms with Crippen molar-refractivity contribution in [1.29, 1.82) is 0 Å². The zero-order valence-electron chi connectivity index (χ0n) is 11.0. The topological polar surface area (TPSA) is 72.8 Å². The van der Waals surface area contributed by atoms with Crippen LogP contribution in [0.5, 0.6) is 0 Å². The lowest BCUT2D eigenvalue weighted by atomic mass is 9.80. The van der Waals surface area contributed by atoms with Crippen LogP contribution in [-0.2, 0) is 19.1 Å². The van der Waals surface area contributed by atoms with Gasteiger partial charge in [-0.1, -0.05) is 6.92 Å². The summed E-state index contributed by atoms with van der Waals surface area (Å²) in [4.78, 5) is 23.8. The van der Waals surface area contributed by atoms with Crippen molar-refractivity contribution in [2.75, 3.05) is 13.2 Å². The first-order valence-corrected chi connectivity index (χ1v) is 5.97. The van der Waals surface area contributed by atoms with Gasteiger partial charge in [0.15, 0.2) is 5.41 Å². The van der Waals surface area contributed by atoms with Crippen LogP contribution in [0.4, 0.5) is 0 Å². The van der Waals surface area contributed by atoms with E-state index in [1.807, 2.05) is 0 Å². The van der Waals surface area contributed by atoms with Gasteiger partial charge in [-0.3, -0.25) is 9.59 Å². The van der Waals surface area contributed by atoms with Crippen LogP contribution in [0.1, 0.15) is 40.5 Å². The fourth-order valence-corrected chi connectivity index (χ4v) is 1.73. The summed E-state index contributed by atoms with van der Waals surface area (Å²) in [6, 6.07) is 0. The fourth-order valence-electron chi connectivity index (χ4n) is 1.73. The number of carbonyl (C=O) groups excluding carboxylic acids is 2. The Morgan fingerprint density at radius 1 is 1.12 bits per heavy atom. The number of hydrogen-bond donors (Lipinski definition) is 1. The molecule has 0 bridgehead atoms. The summed E-state index contributed by atoms with van der Waals surface area (Å²) in [5, 5.41) is 9.44. The number of rotatable bonds is 7. The molecule has 0 spiro atoms. The van der Waals surface area contributed by atoms with Gasteiger partial charge in [0.2, 0.25) is 0 Å². The van der Waals surface area contributed by atoms with E-state index < -0.39 is 23.5 Å². The highest BCUT2D eigenvalue weighted by molar-refractivity contribution is 6.00. The Kier molecular flexibility index (Phi) is 6.80. The number of aliphatic hydroxyl groups is 1. The van der Waals surface area contributed by atoms with Gasteiger partial charge in [0.25, 0.3) is 0 Å². The van der Waals surface area contributed by atoms with Gasteiger partial charge in [-0.05, 0) is 33.6 Å². The molecule has 0 saturated heterocycles. The van der Waals surface area contributed by atoms with E-state index in [2.05, 4.69) is 0 Å². The third kappa shape index (κ3) is 4.00. The molecule has 1 unspecified atom stereocenters. The van der Waals surface area contributed by atoms with Gasteiger partial charge in [-0.15, -0.1) is 0 Å². The van der Waals surface area contributed by atoms with Gasteiger partial charge >= 0.3 is 11.9 Å². The Labute approximate surface area is 102 Å². The molecule has 0 aliphatic heterocycles. The van der Waals surface area contributed by atoms with Crippen molar-refractivity contribution in [3.63, 3.8) is 0 Å². The standard InChI is InChI=1S/C12H22O5/c1-5-12(8-9(4)13,10(14)16-6-2)11(15)17-7-3/h9,13H,5-8H2,1-4H3. The number of esters is 2. The Morgan fingerprint density at radius 2 is 1.53 bits per heavy atom. The first-order chi connectivity index (χ1) is 7.94. The van der Waals surface area contributed by atoms with Crippen molar-refractivity contribution in [2.24, 2.45) is 5.41 Å². The SMILES string of the molecule is CCOC(=O)C(CC)(CC(C)O)C(=O)OCC. The molecular formula is C12H22O5. The van der Waals surface area contributed by atoms with Crippen LogP contribution in [0, 0.1) is 5.41 Å². The summed E-state index contributed by atoms with van der Waals surface area (Å²) in [5.41, 5.74) is -1.39. The highest BCUT2D eigenvalue weighted by Gasteiger charge is 2.48. The zero-order chi connectivity index (χ0) is 13.5. The fraction of sp³-hybridized carbons (Fsp3) is 0.833. The monoisotopic (exact) mass is 246 g/mol. The van der Waals surface area contributed by atoms with E-state index in [0.717, 1.165) is 0 Å². The van der Waals surface area contributed by atoms with Crippen LogP contribution in [0.3, 0.4) is 0 Å². The van der Waals surface area contributed by atoms with Crippen LogP contribution < -0.4 is 0 Å². The second-order valence-electron chi connectivity index (χ2n) is 3.93. The molecule has 1 atom stereocenters. The first kappa shape index (κ1) is 15.9. The molecule has 0 fully saturated rings. The molecule has 0 rings (SSSR count). The minimum Gasteiger partial charge on any atom is -0.465 e. The summed E-state index contributed by atoms with van der Waals surface area (Å²) in [6.45, 7) is 6.97. The normalized spacial score (nSPS) is 13.0. The maximum atomic E-state index is 11.9. The van der Waals surface area contributed by atoms with Crippen LogP contribution in [-0.4, -0.2) is 36.4 Å². The van der Waals surface area contributed by atoms with Crippen molar-refractivity contribution in [3.8, 4) is 0 Å². The highest BCUT2D eigenvalue weighted by Crippen LogP contribution is 2.31. The Balaban J connectivity index is 5.12. The van der Waals surface area contributed by atoms with E-state index in [0.29, 0.717) is 0 Å². The predicted octanol–water partition coefficient (Wildman–Crippen LogP) is 1.28. The molecule has 0 aliphatic rings. The second kappa shape index (κ2) is 7.27. The van der Waals surface area contributed by atoms with Gasteiger partial charge in [0, 0.05) is 0 Å². The lowest BCUT2D eigenvalue weighted by Crippen LogP contribution is -2.43. The Bertz CT molecular complexity index is 242. The zero-order valence-corrected chi connectivity index (χ0v) is 11.0. The summed E-state index contributed by atoms with van der Waals surface area (Å²) in [7, 11) is 0. The number of hydrogen-bond acceptors (Lipinski definition) is 5. The minimum absolute atomic E-state index is 0.0150. The van der Waals surface area contributed by atoms with Crippen LogP contribution in [0.15, 0.2) is 0 Å². The molecule has 0 aromatic rings. The minimum atomic E-state index is -1.39. The summed E-state index contributed by atoms with van der Waals surface area (Å²) < 4.78 is 9.83. The molecular weight excluding hydrogens is 224 g/mol. The number of carbonyl (C=O) groups is 2. The summed E-state index contributed by atoms with van der Waals surface area (Å²) >= 11 is 0. The van der Waals surface area contributed by atoms with E-state index in [9.17, 15) is 14.7 Å². The van der Waals surface area contributed by atoms with Crippen LogP contribution in [0.2, 0.25) is 0 Å². The van der Waals surface area contributed by atoms with E-state index >= 15 is 0 Å². The third-order valence-electron chi connectivity index (χ3n) is 2.58. The van der Waals surface area contributed by atoms with Crippen LogP contribution in [0.25, 0.3) is 0 Å². The van der Waals surface area contributed by atoms with E-state index in [-0.39, 0.29) is 26.1 Å². The lowest BCUT2D eigenvalue weighted by Gasteiger charge is -2.28. The van der Waals surface area contributed by atoms with Crippen molar-refractivity contribution in [1.82, 2.24) is 0 Å². The van der Waals surface area contributed by atoms with Crippen molar-refractivity contribution < 1.29 is 24.2 Å². The summed E-state index contributed by atoms with van der Waals surface area (Å²) in [5.74, 6) is -1.25. The van der Waals surface area contributed by atoms with Crippen molar-refractivity contribution in [2.45, 2.75) is 46.6 Å². The smallest absolute Gasteiger partial charge is 0.323 e. The van der Waals surface area contributed by atoms with E-state index in [1.165, 1.54) is 6.92 Å². The molecule has 1 N–H and O–H groups in total. The Hall–Kier alpha value is -1.10. The van der Waals surface area contributed by atoms with Gasteiger partial charge in [-0.25, -0.2) is 0 Å². The molecule has 0 aromatic carbocycles. The van der Waals surface area contributed by atoms with Crippen molar-refractivity contribution in [3.05, 3.63) is 0 Å². The maximum absolute atomic E-state index is 11.9. The molecule has 0 saturated carbocycles. The molecule has 0 amide bonds. The highest BCUT2D eigenvalue weighted by atomic mass is 16.6. The van der Waals surface area contributed by atoms with Crippen LogP contribution >= 0.6 is 0 Å². The quantitative estimate of drug-likeness (QED) is 0.541. The molecule has 5 nitrogen and oxygen atoms in total. The van der Waals surface area contributed by atoms with Gasteiger partial charge in [-0.2, -0.15) is 0 Å².